The molecule has 0 aliphatic rings. The smallest absolute Gasteiger partial charge is 0.349 e. The van der Waals surface area contributed by atoms with E-state index < -0.39 is 23.5 Å². The summed E-state index contributed by atoms with van der Waals surface area (Å²) in [7, 11) is 1.61. The first-order valence-corrected chi connectivity index (χ1v) is 9.95. The number of carbonyl (C=O) groups is 2. The predicted octanol–water partition coefficient (Wildman–Crippen LogP) is 3.86. The van der Waals surface area contributed by atoms with E-state index in [2.05, 4.69) is 5.32 Å². The summed E-state index contributed by atoms with van der Waals surface area (Å²) in [6, 6.07) is 11.4. The number of amides is 1. The summed E-state index contributed by atoms with van der Waals surface area (Å²) in [6.45, 7) is 10.8. The van der Waals surface area contributed by atoms with E-state index in [1.54, 1.807) is 7.11 Å². The van der Waals surface area contributed by atoms with Crippen molar-refractivity contribution in [2.75, 3.05) is 7.11 Å². The number of aryl methyl sites for hydroxylation is 1. The number of esters is 1. The Balaban J connectivity index is 2.27. The molecule has 1 aromatic carbocycles. The Morgan fingerprint density at radius 3 is 2.32 bits per heavy atom. The van der Waals surface area contributed by atoms with Gasteiger partial charge in [0.15, 0.2) is 6.10 Å². The van der Waals surface area contributed by atoms with Gasteiger partial charge >= 0.3 is 5.97 Å². The van der Waals surface area contributed by atoms with E-state index in [1.165, 1.54) is 13.0 Å². The number of carbonyl (C=O) groups excluding carboxylic acids is 2. The second-order valence-electron chi connectivity index (χ2n) is 8.32. The lowest BCUT2D eigenvalue weighted by atomic mass is 10.1. The molecule has 0 unspecified atom stereocenters. The first-order valence-electron chi connectivity index (χ1n) is 9.95. The number of nitriles is 1. The van der Waals surface area contributed by atoms with Crippen LogP contribution in [0.15, 0.2) is 35.9 Å². The standard InChI is InChI=1S/C24H29N3O4/c1-15-12-18(16(2)27(15)20-8-10-21(30-7)11-9-20)13-19(14-25)23(29)31-17(3)22(28)26-24(4,5)6/h8-13,17H,1-7H3,(H,26,28)/b19-13+/t17-/m0/s1. The topological polar surface area (TPSA) is 93.3 Å². The molecule has 164 valence electrons. The van der Waals surface area contributed by atoms with Gasteiger partial charge in [0.05, 0.1) is 7.11 Å². The minimum absolute atomic E-state index is 0.176. The number of rotatable bonds is 6. The minimum Gasteiger partial charge on any atom is -0.497 e. The largest absolute Gasteiger partial charge is 0.497 e. The molecule has 2 aromatic rings. The molecule has 0 spiro atoms. The van der Waals surface area contributed by atoms with E-state index in [1.807, 2.05) is 75.6 Å². The molecule has 0 bridgehead atoms. The van der Waals surface area contributed by atoms with Gasteiger partial charge in [-0.15, -0.1) is 0 Å². The van der Waals surface area contributed by atoms with Crippen molar-refractivity contribution in [2.45, 2.75) is 53.2 Å². The van der Waals surface area contributed by atoms with Crippen LogP contribution in [-0.2, 0) is 14.3 Å². The molecule has 0 saturated heterocycles. The van der Waals surface area contributed by atoms with Crippen LogP contribution >= 0.6 is 0 Å². The summed E-state index contributed by atoms with van der Waals surface area (Å²) in [5.41, 5.74) is 2.83. The third-order valence-corrected chi connectivity index (χ3v) is 4.59. The normalized spacial score (nSPS) is 12.6. The van der Waals surface area contributed by atoms with E-state index >= 15 is 0 Å². The second kappa shape index (κ2) is 9.52. The molecule has 1 amide bonds. The maximum atomic E-state index is 12.5. The van der Waals surface area contributed by atoms with Gasteiger partial charge in [0.2, 0.25) is 0 Å². The first kappa shape index (κ1) is 23.7. The number of benzene rings is 1. The van der Waals surface area contributed by atoms with Crippen molar-refractivity contribution in [2.24, 2.45) is 0 Å². The number of methoxy groups -OCH3 is 1. The van der Waals surface area contributed by atoms with Crippen LogP contribution in [0.2, 0.25) is 0 Å². The molecule has 1 heterocycles. The monoisotopic (exact) mass is 423 g/mol. The highest BCUT2D eigenvalue weighted by molar-refractivity contribution is 5.99. The number of hydrogen-bond acceptors (Lipinski definition) is 5. The van der Waals surface area contributed by atoms with E-state index in [-0.39, 0.29) is 5.57 Å². The second-order valence-corrected chi connectivity index (χ2v) is 8.32. The van der Waals surface area contributed by atoms with Crippen LogP contribution in [0.5, 0.6) is 5.75 Å². The Labute approximate surface area is 183 Å². The Hall–Kier alpha value is -3.53. The van der Waals surface area contributed by atoms with Crippen molar-refractivity contribution < 1.29 is 19.1 Å². The van der Waals surface area contributed by atoms with Crippen molar-refractivity contribution in [3.8, 4) is 17.5 Å². The maximum absolute atomic E-state index is 12.5. The van der Waals surface area contributed by atoms with Gasteiger partial charge < -0.3 is 19.4 Å². The van der Waals surface area contributed by atoms with Gasteiger partial charge in [-0.3, -0.25) is 4.79 Å². The molecule has 1 atom stereocenters. The summed E-state index contributed by atoms with van der Waals surface area (Å²) >= 11 is 0. The molecule has 31 heavy (non-hydrogen) atoms. The molecule has 0 aliphatic carbocycles. The minimum atomic E-state index is -1.02. The van der Waals surface area contributed by atoms with Crippen LogP contribution in [0.1, 0.15) is 44.6 Å². The quantitative estimate of drug-likeness (QED) is 0.433. The summed E-state index contributed by atoms with van der Waals surface area (Å²) < 4.78 is 12.4. The van der Waals surface area contributed by atoms with Crippen molar-refractivity contribution in [1.29, 1.82) is 5.26 Å². The zero-order chi connectivity index (χ0) is 23.3. The fourth-order valence-corrected chi connectivity index (χ4v) is 3.10. The molecular weight excluding hydrogens is 394 g/mol. The lowest BCUT2D eigenvalue weighted by Gasteiger charge is -2.23. The summed E-state index contributed by atoms with van der Waals surface area (Å²) in [5, 5.41) is 12.2. The van der Waals surface area contributed by atoms with Crippen molar-refractivity contribution >= 4 is 18.0 Å². The van der Waals surface area contributed by atoms with E-state index in [0.29, 0.717) is 5.56 Å². The van der Waals surface area contributed by atoms with E-state index in [0.717, 1.165) is 22.8 Å². The number of aromatic nitrogens is 1. The van der Waals surface area contributed by atoms with Gasteiger partial charge in [-0.05, 0) is 83.5 Å². The summed E-state index contributed by atoms with van der Waals surface area (Å²) in [5.74, 6) is -0.505. The van der Waals surface area contributed by atoms with E-state index in [9.17, 15) is 14.9 Å². The SMILES string of the molecule is COc1ccc(-n2c(C)cc(/C=C(\C#N)C(=O)O[C@@H](C)C(=O)NC(C)(C)C)c2C)cc1. The molecule has 0 saturated carbocycles. The van der Waals surface area contributed by atoms with Crippen molar-refractivity contribution in [1.82, 2.24) is 9.88 Å². The highest BCUT2D eigenvalue weighted by atomic mass is 16.5. The lowest BCUT2D eigenvalue weighted by Crippen LogP contribution is -2.46. The number of nitrogens with zero attached hydrogens (tertiary/aromatic N) is 2. The molecule has 0 radical (unpaired) electrons. The third-order valence-electron chi connectivity index (χ3n) is 4.59. The highest BCUT2D eigenvalue weighted by Crippen LogP contribution is 2.24. The molecule has 1 N–H and O–H groups in total. The van der Waals surface area contributed by atoms with Crippen LogP contribution in [0.4, 0.5) is 0 Å². The summed E-state index contributed by atoms with van der Waals surface area (Å²) in [4.78, 5) is 24.7. The van der Waals surface area contributed by atoms with Gasteiger partial charge in [-0.2, -0.15) is 5.26 Å². The average Bonchev–Trinajstić information content (AvgIpc) is 2.97. The molecule has 0 aliphatic heterocycles. The summed E-state index contributed by atoms with van der Waals surface area (Å²) in [6.07, 6.45) is 0.467. The van der Waals surface area contributed by atoms with Crippen molar-refractivity contribution in [3.63, 3.8) is 0 Å². The third kappa shape index (κ3) is 5.98. The maximum Gasteiger partial charge on any atom is 0.349 e. The average molecular weight is 424 g/mol. The van der Waals surface area contributed by atoms with Gasteiger partial charge in [-0.1, -0.05) is 0 Å². The number of ether oxygens (including phenoxy) is 2. The number of hydrogen-bond donors (Lipinski definition) is 1. The molecular formula is C24H29N3O4. The lowest BCUT2D eigenvalue weighted by molar-refractivity contribution is -0.151. The van der Waals surface area contributed by atoms with Crippen LogP contribution < -0.4 is 10.1 Å². The molecule has 2 rings (SSSR count). The fraction of sp³-hybridized carbons (Fsp3) is 0.375. The van der Waals surface area contributed by atoms with E-state index in [4.69, 9.17) is 9.47 Å². The Kier molecular flexibility index (Phi) is 7.29. The molecule has 0 fully saturated rings. The van der Waals surface area contributed by atoms with Crippen LogP contribution in [0.25, 0.3) is 11.8 Å². The highest BCUT2D eigenvalue weighted by Gasteiger charge is 2.24. The molecule has 7 heteroatoms. The first-order chi connectivity index (χ1) is 14.5. The zero-order valence-corrected chi connectivity index (χ0v) is 19.1. The zero-order valence-electron chi connectivity index (χ0n) is 19.1. The van der Waals surface area contributed by atoms with Crippen LogP contribution in [-0.4, -0.2) is 35.2 Å². The van der Waals surface area contributed by atoms with Gasteiger partial charge in [0.1, 0.15) is 17.4 Å². The number of nitrogens with one attached hydrogen (secondary N) is 1. The fourth-order valence-electron chi connectivity index (χ4n) is 3.10. The Bertz CT molecular complexity index is 1030. The predicted molar refractivity (Wildman–Crippen MR) is 119 cm³/mol. The van der Waals surface area contributed by atoms with Crippen LogP contribution in [0, 0.1) is 25.2 Å². The molecule has 7 nitrogen and oxygen atoms in total. The molecule has 1 aromatic heterocycles. The Morgan fingerprint density at radius 2 is 1.81 bits per heavy atom. The Morgan fingerprint density at radius 1 is 1.19 bits per heavy atom. The van der Waals surface area contributed by atoms with Crippen LogP contribution in [0.3, 0.4) is 0 Å². The van der Waals surface area contributed by atoms with Gasteiger partial charge in [0, 0.05) is 22.6 Å². The van der Waals surface area contributed by atoms with Crippen molar-refractivity contribution in [3.05, 3.63) is 52.9 Å². The van der Waals surface area contributed by atoms with Gasteiger partial charge in [0.25, 0.3) is 5.91 Å². The van der Waals surface area contributed by atoms with Gasteiger partial charge in [-0.25, -0.2) is 4.79 Å².